The van der Waals surface area contributed by atoms with Crippen molar-refractivity contribution in [2.24, 2.45) is 7.05 Å². The second-order valence-corrected chi connectivity index (χ2v) is 6.92. The standard InChI is InChI=1S/C19H13N7S/c1-26-9-5-12-10-14(17-21-7-3-8-22-17)23-15(16(12)26)19-25-24-18(27-19)13-4-2-6-20-11-13/h2-11H,1H3. The molecule has 0 spiro atoms. The van der Waals surface area contributed by atoms with Gasteiger partial charge in [-0.25, -0.2) is 15.0 Å². The SMILES string of the molecule is Cn1ccc2cc(-c3ncccn3)nc(-c3nnc(-c4cccnc4)s3)c21. The normalized spacial score (nSPS) is 11.1. The quantitative estimate of drug-likeness (QED) is 0.482. The van der Waals surface area contributed by atoms with Gasteiger partial charge in [0.25, 0.3) is 0 Å². The zero-order valence-corrected chi connectivity index (χ0v) is 15.1. The van der Waals surface area contributed by atoms with Crippen LogP contribution in [0.5, 0.6) is 0 Å². The van der Waals surface area contributed by atoms with E-state index in [0.29, 0.717) is 11.5 Å². The van der Waals surface area contributed by atoms with Crippen molar-refractivity contribution in [1.29, 1.82) is 0 Å². The lowest BCUT2D eigenvalue weighted by atomic mass is 10.2. The molecule has 0 bridgehead atoms. The molecule has 0 aliphatic rings. The van der Waals surface area contributed by atoms with Crippen LogP contribution in [0.1, 0.15) is 0 Å². The zero-order chi connectivity index (χ0) is 18.2. The van der Waals surface area contributed by atoms with Crippen LogP contribution in [-0.4, -0.2) is 34.7 Å². The van der Waals surface area contributed by atoms with Gasteiger partial charge in [-0.2, -0.15) is 0 Å². The molecule has 7 nitrogen and oxygen atoms in total. The summed E-state index contributed by atoms with van der Waals surface area (Å²) in [6.45, 7) is 0. The molecule has 0 unspecified atom stereocenters. The lowest BCUT2D eigenvalue weighted by Crippen LogP contribution is -1.96. The molecule has 27 heavy (non-hydrogen) atoms. The Hall–Kier alpha value is -3.52. The number of pyridine rings is 2. The summed E-state index contributed by atoms with van der Waals surface area (Å²) in [5, 5.41) is 11.3. The number of aryl methyl sites for hydroxylation is 1. The Labute approximate surface area is 158 Å². The molecule has 0 aliphatic carbocycles. The summed E-state index contributed by atoms with van der Waals surface area (Å²) in [5.41, 5.74) is 3.42. The van der Waals surface area contributed by atoms with E-state index in [1.165, 1.54) is 11.3 Å². The zero-order valence-electron chi connectivity index (χ0n) is 14.3. The third-order valence-electron chi connectivity index (χ3n) is 4.18. The molecular weight excluding hydrogens is 358 g/mol. The van der Waals surface area contributed by atoms with Crippen molar-refractivity contribution in [2.45, 2.75) is 0 Å². The largest absolute Gasteiger partial charge is 0.349 e. The van der Waals surface area contributed by atoms with Crippen LogP contribution in [0.15, 0.2) is 61.3 Å². The van der Waals surface area contributed by atoms with E-state index in [2.05, 4.69) is 31.2 Å². The molecule has 5 aromatic rings. The smallest absolute Gasteiger partial charge is 0.178 e. The second-order valence-electron chi connectivity index (χ2n) is 5.95. The number of aromatic nitrogens is 7. The van der Waals surface area contributed by atoms with Gasteiger partial charge in [0, 0.05) is 49.0 Å². The third-order valence-corrected chi connectivity index (χ3v) is 5.16. The Bertz CT molecular complexity index is 1230. The highest BCUT2D eigenvalue weighted by Crippen LogP contribution is 2.34. The Morgan fingerprint density at radius 3 is 2.63 bits per heavy atom. The van der Waals surface area contributed by atoms with Gasteiger partial charge in [-0.3, -0.25) is 4.98 Å². The lowest BCUT2D eigenvalue weighted by Gasteiger charge is -2.06. The van der Waals surface area contributed by atoms with Crippen LogP contribution >= 0.6 is 11.3 Å². The molecule has 0 aromatic carbocycles. The van der Waals surface area contributed by atoms with Gasteiger partial charge in [0.05, 0.1) is 5.52 Å². The lowest BCUT2D eigenvalue weighted by molar-refractivity contribution is 0.964. The summed E-state index contributed by atoms with van der Waals surface area (Å²) in [7, 11) is 2.00. The summed E-state index contributed by atoms with van der Waals surface area (Å²) in [6, 6.07) is 9.69. The number of hydrogen-bond acceptors (Lipinski definition) is 7. The van der Waals surface area contributed by atoms with Crippen LogP contribution in [0.2, 0.25) is 0 Å². The van der Waals surface area contributed by atoms with Crippen LogP contribution in [0.3, 0.4) is 0 Å². The van der Waals surface area contributed by atoms with Crippen LogP contribution in [0.25, 0.3) is 43.7 Å². The van der Waals surface area contributed by atoms with E-state index in [9.17, 15) is 0 Å². The molecule has 130 valence electrons. The molecule has 0 N–H and O–H groups in total. The van der Waals surface area contributed by atoms with Crippen molar-refractivity contribution in [3.8, 4) is 32.8 Å². The van der Waals surface area contributed by atoms with Crippen molar-refractivity contribution in [2.75, 3.05) is 0 Å². The fraction of sp³-hybridized carbons (Fsp3) is 0.0526. The Balaban J connectivity index is 1.70. The average molecular weight is 371 g/mol. The second kappa shape index (κ2) is 6.33. The fourth-order valence-electron chi connectivity index (χ4n) is 2.94. The molecular formula is C19H13N7S. The first kappa shape index (κ1) is 15.7. The third kappa shape index (κ3) is 2.76. The van der Waals surface area contributed by atoms with Gasteiger partial charge in [-0.1, -0.05) is 11.3 Å². The van der Waals surface area contributed by atoms with Crippen LogP contribution < -0.4 is 0 Å². The molecule has 0 amide bonds. The fourth-order valence-corrected chi connectivity index (χ4v) is 3.77. The monoisotopic (exact) mass is 371 g/mol. The van der Waals surface area contributed by atoms with Gasteiger partial charge in [0.2, 0.25) is 0 Å². The number of nitrogens with zero attached hydrogens (tertiary/aromatic N) is 7. The van der Waals surface area contributed by atoms with Crippen molar-refractivity contribution >= 4 is 22.2 Å². The van der Waals surface area contributed by atoms with E-state index in [-0.39, 0.29) is 0 Å². The Morgan fingerprint density at radius 1 is 0.963 bits per heavy atom. The topological polar surface area (TPSA) is 82.3 Å². The Kier molecular flexibility index (Phi) is 3.68. The molecule has 0 radical (unpaired) electrons. The van der Waals surface area contributed by atoms with Gasteiger partial charge in [-0.05, 0) is 30.3 Å². The van der Waals surface area contributed by atoms with E-state index in [1.54, 1.807) is 30.9 Å². The highest BCUT2D eigenvalue weighted by Gasteiger charge is 2.17. The summed E-state index contributed by atoms with van der Waals surface area (Å²) in [4.78, 5) is 17.6. The molecule has 5 rings (SSSR count). The number of fused-ring (bicyclic) bond motifs is 1. The van der Waals surface area contributed by atoms with Crippen LogP contribution in [0, 0.1) is 0 Å². The van der Waals surface area contributed by atoms with Crippen molar-refractivity contribution in [3.05, 3.63) is 61.3 Å². The number of hydrogen-bond donors (Lipinski definition) is 0. The molecule has 5 heterocycles. The van der Waals surface area contributed by atoms with Gasteiger partial charge in [0.1, 0.15) is 16.4 Å². The van der Waals surface area contributed by atoms with E-state index in [1.807, 2.05) is 36.0 Å². The maximum absolute atomic E-state index is 4.83. The highest BCUT2D eigenvalue weighted by atomic mass is 32.1. The van der Waals surface area contributed by atoms with Crippen LogP contribution in [-0.2, 0) is 7.05 Å². The van der Waals surface area contributed by atoms with Gasteiger partial charge in [0.15, 0.2) is 10.8 Å². The molecule has 5 aromatic heterocycles. The summed E-state index contributed by atoms with van der Waals surface area (Å²) in [5.74, 6) is 0.585. The van der Waals surface area contributed by atoms with E-state index >= 15 is 0 Å². The minimum absolute atomic E-state index is 0.585. The van der Waals surface area contributed by atoms with Crippen LogP contribution in [0.4, 0.5) is 0 Å². The molecule has 0 saturated heterocycles. The maximum atomic E-state index is 4.83. The minimum atomic E-state index is 0.585. The first-order valence-corrected chi connectivity index (χ1v) is 9.09. The first-order valence-electron chi connectivity index (χ1n) is 8.27. The van der Waals surface area contributed by atoms with E-state index in [4.69, 9.17) is 4.98 Å². The molecule has 0 saturated carbocycles. The summed E-state index contributed by atoms with van der Waals surface area (Å²) >= 11 is 1.49. The van der Waals surface area contributed by atoms with Crippen molar-refractivity contribution in [3.63, 3.8) is 0 Å². The average Bonchev–Trinajstić information content (AvgIpc) is 3.36. The molecule has 0 atom stereocenters. The van der Waals surface area contributed by atoms with Gasteiger partial charge < -0.3 is 4.57 Å². The Morgan fingerprint density at radius 2 is 1.81 bits per heavy atom. The minimum Gasteiger partial charge on any atom is -0.349 e. The number of rotatable bonds is 3. The first-order chi connectivity index (χ1) is 13.3. The summed E-state index contributed by atoms with van der Waals surface area (Å²) in [6.07, 6.45) is 8.96. The van der Waals surface area contributed by atoms with Crippen molar-refractivity contribution in [1.82, 2.24) is 34.7 Å². The predicted molar refractivity (Wildman–Crippen MR) is 104 cm³/mol. The molecule has 8 heteroatoms. The van der Waals surface area contributed by atoms with Crippen molar-refractivity contribution < 1.29 is 0 Å². The predicted octanol–water partition coefficient (Wildman–Crippen LogP) is 3.61. The highest BCUT2D eigenvalue weighted by molar-refractivity contribution is 7.18. The maximum Gasteiger partial charge on any atom is 0.178 e. The van der Waals surface area contributed by atoms with Gasteiger partial charge in [-0.15, -0.1) is 10.2 Å². The molecule has 0 fully saturated rings. The van der Waals surface area contributed by atoms with E-state index < -0.39 is 0 Å². The molecule has 0 aliphatic heterocycles. The van der Waals surface area contributed by atoms with Gasteiger partial charge >= 0.3 is 0 Å². The van der Waals surface area contributed by atoms with E-state index in [0.717, 1.165) is 32.2 Å². The summed E-state index contributed by atoms with van der Waals surface area (Å²) < 4.78 is 2.04.